The van der Waals surface area contributed by atoms with E-state index in [-0.39, 0.29) is 35.9 Å². The molecule has 4 fully saturated rings. The lowest BCUT2D eigenvalue weighted by Gasteiger charge is -2.46. The molecule has 1 aliphatic carbocycles. The molecule has 1 spiro atoms. The number of cyclic esters (lactones) is 1. The molecule has 0 bridgehead atoms. The molecule has 11 rings (SSSR count). The van der Waals surface area contributed by atoms with Crippen LogP contribution in [0.2, 0.25) is 0 Å². The van der Waals surface area contributed by atoms with Gasteiger partial charge in [0.2, 0.25) is 11.8 Å². The molecule has 79 heavy (non-hydrogen) atoms. The molecule has 4 heterocycles. The monoisotopic (exact) mass is 1070 g/mol. The Hall–Kier alpha value is -8.40. The van der Waals surface area contributed by atoms with Crippen LogP contribution in [0.1, 0.15) is 90.1 Å². The first-order valence-corrected chi connectivity index (χ1v) is 26.8. The summed E-state index contributed by atoms with van der Waals surface area (Å²) >= 11 is 0. The van der Waals surface area contributed by atoms with Gasteiger partial charge in [0.05, 0.1) is 48.4 Å². The first-order chi connectivity index (χ1) is 38.5. The highest BCUT2D eigenvalue weighted by atomic mass is 16.6. The van der Waals surface area contributed by atoms with Crippen LogP contribution in [0.15, 0.2) is 152 Å². The molecule has 3 saturated heterocycles. The molecular weight excluding hydrogens is 1010 g/mol. The van der Waals surface area contributed by atoms with Crippen molar-refractivity contribution in [3.05, 3.63) is 195 Å². The second-order valence-corrected chi connectivity index (χ2v) is 20.6. The Morgan fingerprint density at radius 3 is 2.15 bits per heavy atom. The maximum Gasteiger partial charge on any atom is 0.421 e. The molecular formula is C62H59N5O12. The number of hydrogen-bond acceptors (Lipinski definition) is 14. The summed E-state index contributed by atoms with van der Waals surface area (Å²) in [5.74, 6) is 2.47. The van der Waals surface area contributed by atoms with E-state index >= 15 is 19.2 Å². The van der Waals surface area contributed by atoms with Crippen molar-refractivity contribution in [1.82, 2.24) is 4.90 Å². The van der Waals surface area contributed by atoms with Crippen molar-refractivity contribution in [3.8, 4) is 17.6 Å². The molecule has 6 aromatic carbocycles. The van der Waals surface area contributed by atoms with Gasteiger partial charge in [-0.05, 0) is 109 Å². The highest BCUT2D eigenvalue weighted by Crippen LogP contribution is 2.67. The fourth-order valence-electron chi connectivity index (χ4n) is 12.3. The van der Waals surface area contributed by atoms with Crippen LogP contribution in [-0.4, -0.2) is 95.1 Å². The maximum absolute atomic E-state index is 16.9. The fraction of sp³-hybridized carbons (Fsp3) is 0.323. The summed E-state index contributed by atoms with van der Waals surface area (Å²) in [5.41, 5.74) is 0.218. The molecule has 0 radical (unpaired) electrons. The molecule has 5 aliphatic rings. The standard InChI is InChI=1S/C62H59N5O12/c68-35-38-77-51-18-10-9-17-48(51)56-62(49-39-41(29-32-61(73)30-11-1-2-12-31-61)21-28-50(49)65(59(62)71)60(72)78-40-42-19-24-47(25-20-42)67(74)75)52(57(69)63-45-22-26-46(27-23-45)64-33-36-76-37-34-64)54-58(70)79-55(44-15-7-4-8-16-44)53(66(54)56)43-13-5-3-6-14-43/h3-10,13-28,39,52-56,68,73H,1-2,11-12,30-31,33-38,40H2,(H,63,69)/t52-,53-,54-,55+,56+,62-/m1/s1. The van der Waals surface area contributed by atoms with Gasteiger partial charge >= 0.3 is 12.1 Å². The smallest absolute Gasteiger partial charge is 0.421 e. The Morgan fingerprint density at radius 1 is 0.797 bits per heavy atom. The lowest BCUT2D eigenvalue weighted by molar-refractivity contribution is -0.384. The first-order valence-electron chi connectivity index (χ1n) is 26.8. The quantitative estimate of drug-likeness (QED) is 0.0344. The largest absolute Gasteiger partial charge is 0.491 e. The number of benzene rings is 6. The van der Waals surface area contributed by atoms with Crippen molar-refractivity contribution in [2.24, 2.45) is 5.92 Å². The predicted molar refractivity (Wildman–Crippen MR) is 292 cm³/mol. The number of carbonyl (C=O) groups excluding carboxylic acids is 4. The van der Waals surface area contributed by atoms with Crippen molar-refractivity contribution in [3.63, 3.8) is 0 Å². The number of nitro groups is 1. The van der Waals surface area contributed by atoms with Crippen LogP contribution < -0.4 is 19.9 Å². The zero-order valence-electron chi connectivity index (χ0n) is 43.3. The number of amides is 3. The number of hydrogen-bond donors (Lipinski definition) is 3. The Labute approximate surface area is 456 Å². The van der Waals surface area contributed by atoms with E-state index in [1.165, 1.54) is 24.3 Å². The van der Waals surface area contributed by atoms with Crippen molar-refractivity contribution in [2.45, 2.75) is 80.4 Å². The van der Waals surface area contributed by atoms with Gasteiger partial charge in [-0.2, -0.15) is 0 Å². The number of rotatable bonds is 12. The van der Waals surface area contributed by atoms with Crippen molar-refractivity contribution >= 4 is 46.6 Å². The van der Waals surface area contributed by atoms with Crippen LogP contribution in [0, 0.1) is 27.9 Å². The summed E-state index contributed by atoms with van der Waals surface area (Å²) in [5, 5.41) is 36.7. The summed E-state index contributed by atoms with van der Waals surface area (Å²) in [4.78, 5) is 80.0. The van der Waals surface area contributed by atoms with Gasteiger partial charge in [-0.15, -0.1) is 0 Å². The minimum atomic E-state index is -2.24. The van der Waals surface area contributed by atoms with Crippen LogP contribution in [0.25, 0.3) is 0 Å². The molecule has 1 saturated carbocycles. The van der Waals surface area contributed by atoms with Gasteiger partial charge < -0.3 is 39.4 Å². The van der Waals surface area contributed by atoms with Crippen LogP contribution in [0.3, 0.4) is 0 Å². The van der Waals surface area contributed by atoms with Crippen molar-refractivity contribution in [1.29, 1.82) is 0 Å². The van der Waals surface area contributed by atoms with E-state index < -0.39 is 76.6 Å². The summed E-state index contributed by atoms with van der Waals surface area (Å²) < 4.78 is 24.6. The van der Waals surface area contributed by atoms with E-state index in [0.29, 0.717) is 72.6 Å². The van der Waals surface area contributed by atoms with E-state index in [4.69, 9.17) is 18.9 Å². The summed E-state index contributed by atoms with van der Waals surface area (Å²) in [7, 11) is 0. The topological polar surface area (TPSA) is 211 Å². The number of ether oxygens (including phenoxy) is 4. The van der Waals surface area contributed by atoms with Crippen molar-refractivity contribution in [2.75, 3.05) is 54.6 Å². The summed E-state index contributed by atoms with van der Waals surface area (Å²) in [6.45, 7) is 1.55. The van der Waals surface area contributed by atoms with Crippen LogP contribution in [-0.2, 0) is 40.6 Å². The normalized spacial score (nSPS) is 23.3. The molecule has 4 aliphatic heterocycles. The molecule has 17 heteroatoms. The van der Waals surface area contributed by atoms with Gasteiger partial charge in [0.15, 0.2) is 0 Å². The SMILES string of the molecule is O=C1O[C@@H](c2ccccc2)[C@@H](c2ccccc2)N2[C@@H](c3ccccc3OCCO)[C@]3(C(=O)N(C(=O)OCc4ccc([N+](=O)[O-])cc4)c4ccc(C#CC5(O)CCCCCC5)cc43)[C@@H](C(=O)Nc3ccc(N4CCOCC4)cc3)[C@H]12. The third kappa shape index (κ3) is 10.1. The Bertz CT molecular complexity index is 3300. The highest BCUT2D eigenvalue weighted by Gasteiger charge is 2.76. The lowest BCUT2D eigenvalue weighted by atomic mass is 9.65. The number of imide groups is 1. The summed E-state index contributed by atoms with van der Waals surface area (Å²) in [6.07, 6.45) is 2.30. The van der Waals surface area contributed by atoms with Crippen LogP contribution in [0.5, 0.6) is 5.75 Å². The zero-order valence-corrected chi connectivity index (χ0v) is 43.3. The van der Waals surface area contributed by atoms with Gasteiger partial charge in [-0.3, -0.25) is 29.4 Å². The summed E-state index contributed by atoms with van der Waals surface area (Å²) in [6, 6.07) is 39.4. The molecule has 6 aromatic rings. The number of nitrogens with zero attached hydrogens (tertiary/aromatic N) is 4. The number of morpholine rings is 2. The Kier molecular flexibility index (Phi) is 15.0. The number of nitro benzene ring substituents is 1. The third-order valence-corrected chi connectivity index (χ3v) is 15.9. The number of anilines is 3. The highest BCUT2D eigenvalue weighted by molar-refractivity contribution is 6.24. The zero-order chi connectivity index (χ0) is 54.7. The number of fused-ring (bicyclic) bond motifs is 3. The minimum absolute atomic E-state index is 0.0490. The molecule has 3 amide bonds. The Balaban J connectivity index is 1.16. The van der Waals surface area contributed by atoms with Crippen LogP contribution >= 0.6 is 0 Å². The Morgan fingerprint density at radius 2 is 1.47 bits per heavy atom. The number of aliphatic hydroxyl groups excluding tert-OH is 1. The maximum atomic E-state index is 16.9. The lowest BCUT2D eigenvalue weighted by Crippen LogP contribution is -2.54. The second-order valence-electron chi connectivity index (χ2n) is 20.6. The van der Waals surface area contributed by atoms with Gasteiger partial charge in [-0.1, -0.05) is 104 Å². The second kappa shape index (κ2) is 22.5. The molecule has 17 nitrogen and oxygen atoms in total. The number of para-hydroxylation sites is 1. The predicted octanol–water partition coefficient (Wildman–Crippen LogP) is 8.88. The van der Waals surface area contributed by atoms with Crippen LogP contribution in [0.4, 0.5) is 27.5 Å². The average Bonchev–Trinajstić information content (AvgIpc) is 2.08. The van der Waals surface area contributed by atoms with E-state index in [2.05, 4.69) is 22.1 Å². The van der Waals surface area contributed by atoms with Gasteiger partial charge in [0.1, 0.15) is 42.1 Å². The van der Waals surface area contributed by atoms with E-state index in [1.807, 2.05) is 77.7 Å². The molecule has 0 aromatic heterocycles. The number of aliphatic hydroxyl groups is 2. The molecule has 0 unspecified atom stereocenters. The average molecular weight is 1070 g/mol. The first kappa shape index (κ1) is 52.6. The number of nitrogens with one attached hydrogen (secondary N) is 1. The molecule has 6 atom stereocenters. The number of esters is 1. The van der Waals surface area contributed by atoms with Crippen molar-refractivity contribution < 1.29 is 53.3 Å². The van der Waals surface area contributed by atoms with E-state index in [0.717, 1.165) is 36.3 Å². The third-order valence-electron chi connectivity index (χ3n) is 15.9. The fourth-order valence-corrected chi connectivity index (χ4v) is 12.3. The van der Waals surface area contributed by atoms with Gasteiger partial charge in [0, 0.05) is 47.7 Å². The molecule has 3 N–H and O–H groups in total. The molecule has 404 valence electrons. The number of carbonyl (C=O) groups is 4. The number of non-ortho nitro benzene ring substituents is 1. The minimum Gasteiger partial charge on any atom is -0.491 e. The van der Waals surface area contributed by atoms with E-state index in [1.54, 1.807) is 54.6 Å². The van der Waals surface area contributed by atoms with Gasteiger partial charge in [0.25, 0.3) is 5.69 Å². The van der Waals surface area contributed by atoms with Gasteiger partial charge in [-0.25, -0.2) is 9.69 Å². The van der Waals surface area contributed by atoms with E-state index in [9.17, 15) is 20.3 Å².